The monoisotopic (exact) mass is 684 g/mol. The van der Waals surface area contributed by atoms with Crippen molar-refractivity contribution in [3.8, 4) is 0 Å². The van der Waals surface area contributed by atoms with Gasteiger partial charge in [0.15, 0.2) is 5.69 Å². The number of aliphatic hydroxyl groups is 1. The van der Waals surface area contributed by atoms with Crippen LogP contribution in [0.5, 0.6) is 0 Å². The molecule has 0 bridgehead atoms. The summed E-state index contributed by atoms with van der Waals surface area (Å²) in [5.41, 5.74) is 2.38. The van der Waals surface area contributed by atoms with Crippen molar-refractivity contribution >= 4 is 17.6 Å². The van der Waals surface area contributed by atoms with Crippen LogP contribution >= 0.6 is 0 Å². The Morgan fingerprint density at radius 3 is 2.48 bits per heavy atom. The van der Waals surface area contributed by atoms with Crippen LogP contribution in [0.25, 0.3) is 0 Å². The number of esters is 1. The zero-order chi connectivity index (χ0) is 35.7. The van der Waals surface area contributed by atoms with Gasteiger partial charge in [-0.1, -0.05) is 83.5 Å². The molecule has 4 fully saturated rings. The lowest BCUT2D eigenvalue weighted by Gasteiger charge is -2.71. The molecule has 0 saturated heterocycles. The SMILES string of the molecule is C[C@H]1[C@H](C)CC[C@]2(C(=O)OCCCn3cc(C(=O)Nc4ccccc4)nn3)CC[C@]3(C)C(=CC[C@@H]4[C@@]5(C)CC[C@H](O)C(C)(C)C5CC[C@]43C)[C@H]12. The van der Waals surface area contributed by atoms with E-state index in [1.807, 2.05) is 30.3 Å². The van der Waals surface area contributed by atoms with Gasteiger partial charge in [-0.25, -0.2) is 0 Å². The van der Waals surface area contributed by atoms with E-state index in [2.05, 4.69) is 70.2 Å². The lowest BCUT2D eigenvalue weighted by atomic mass is 9.33. The van der Waals surface area contributed by atoms with Gasteiger partial charge < -0.3 is 15.2 Å². The Labute approximate surface area is 299 Å². The van der Waals surface area contributed by atoms with Crippen LogP contribution in [0.15, 0.2) is 48.2 Å². The highest BCUT2D eigenvalue weighted by Crippen LogP contribution is 2.75. The van der Waals surface area contributed by atoms with E-state index >= 15 is 0 Å². The quantitative estimate of drug-likeness (QED) is 0.172. The van der Waals surface area contributed by atoms with Crippen molar-refractivity contribution in [3.05, 3.63) is 53.9 Å². The first-order valence-electron chi connectivity index (χ1n) is 19.5. The number of hydrogen-bond acceptors (Lipinski definition) is 6. The second-order valence-corrected chi connectivity index (χ2v) is 18.4. The van der Waals surface area contributed by atoms with Crippen molar-refractivity contribution in [2.75, 3.05) is 11.9 Å². The third-order valence-electron chi connectivity index (χ3n) is 15.9. The van der Waals surface area contributed by atoms with Gasteiger partial charge in [-0.15, -0.1) is 5.10 Å². The van der Waals surface area contributed by atoms with Gasteiger partial charge in [0.25, 0.3) is 5.91 Å². The first kappa shape index (κ1) is 35.4. The molecule has 5 aliphatic carbocycles. The second kappa shape index (κ2) is 12.6. The molecule has 0 spiro atoms. The standard InChI is InChI=1S/C42H60N4O4/c1-27-16-21-42(37(49)50-25-11-24-46-26-31(44-45-46)36(48)43-29-12-9-8-10-13-29)23-22-40(6)30(35(42)28(27)2)14-15-33-39(5)19-18-34(47)38(3,4)32(39)17-20-41(33,40)7/h8-10,12-14,26-28,32-35,47H,11,15-25H2,1-7H3,(H,43,48)/t27-,28+,32?,33-,34+,35+,39+,40-,41-,42+/m1/s1. The van der Waals surface area contributed by atoms with Crippen LogP contribution in [-0.2, 0) is 16.1 Å². The van der Waals surface area contributed by atoms with Crippen LogP contribution in [0.4, 0.5) is 5.69 Å². The van der Waals surface area contributed by atoms with Crippen LogP contribution in [0.2, 0.25) is 0 Å². The summed E-state index contributed by atoms with van der Waals surface area (Å²) in [6, 6.07) is 9.30. The summed E-state index contributed by atoms with van der Waals surface area (Å²) >= 11 is 0. The average Bonchev–Trinajstić information content (AvgIpc) is 3.56. The van der Waals surface area contributed by atoms with E-state index in [-0.39, 0.29) is 51.3 Å². The fraction of sp³-hybridized carbons (Fsp3) is 0.714. The number of fused-ring (bicyclic) bond motifs is 7. The predicted molar refractivity (Wildman–Crippen MR) is 195 cm³/mol. The fourth-order valence-corrected chi connectivity index (χ4v) is 12.6. The van der Waals surface area contributed by atoms with Crippen LogP contribution in [-0.4, -0.2) is 44.7 Å². The summed E-state index contributed by atoms with van der Waals surface area (Å²) in [6.07, 6.45) is 13.9. The number of para-hydroxylation sites is 1. The summed E-state index contributed by atoms with van der Waals surface area (Å²) in [6.45, 7) is 18.0. The van der Waals surface area contributed by atoms with E-state index in [1.165, 1.54) is 12.8 Å². The molecule has 10 atom stereocenters. The molecule has 1 aromatic heterocycles. The number of nitrogens with one attached hydrogen (secondary N) is 1. The molecule has 8 heteroatoms. The lowest BCUT2D eigenvalue weighted by Crippen LogP contribution is -2.65. The molecule has 50 heavy (non-hydrogen) atoms. The molecule has 8 nitrogen and oxygen atoms in total. The van der Waals surface area contributed by atoms with Gasteiger partial charge in [-0.2, -0.15) is 0 Å². The van der Waals surface area contributed by atoms with Gasteiger partial charge in [-0.3, -0.25) is 14.3 Å². The highest BCUT2D eigenvalue weighted by molar-refractivity contribution is 6.02. The summed E-state index contributed by atoms with van der Waals surface area (Å²) in [5.74, 6) is 1.95. The van der Waals surface area contributed by atoms with Crippen LogP contribution in [0.3, 0.4) is 0 Å². The number of amides is 1. The number of rotatable bonds is 7. The maximum atomic E-state index is 14.4. The number of hydrogen-bond donors (Lipinski definition) is 2. The third kappa shape index (κ3) is 5.32. The van der Waals surface area contributed by atoms with Crippen LogP contribution in [0.1, 0.15) is 123 Å². The van der Waals surface area contributed by atoms with Crippen molar-refractivity contribution in [2.24, 2.45) is 56.7 Å². The van der Waals surface area contributed by atoms with Crippen molar-refractivity contribution < 1.29 is 19.4 Å². The number of carbonyl (C=O) groups excluding carboxylic acids is 2. The number of aromatic nitrogens is 3. The maximum Gasteiger partial charge on any atom is 0.312 e. The maximum absolute atomic E-state index is 14.4. The minimum atomic E-state index is -0.478. The molecule has 1 heterocycles. The van der Waals surface area contributed by atoms with Gasteiger partial charge in [0.1, 0.15) is 0 Å². The minimum Gasteiger partial charge on any atom is -0.465 e. The molecule has 2 aromatic rings. The van der Waals surface area contributed by atoms with E-state index in [0.717, 1.165) is 44.9 Å². The lowest BCUT2D eigenvalue weighted by molar-refractivity contribution is -0.207. The molecule has 7 rings (SSSR count). The fourth-order valence-electron chi connectivity index (χ4n) is 12.6. The number of aliphatic hydroxyl groups excluding tert-OH is 1. The number of carbonyl (C=O) groups is 2. The van der Waals surface area contributed by atoms with E-state index in [4.69, 9.17) is 4.74 Å². The van der Waals surface area contributed by atoms with Gasteiger partial charge >= 0.3 is 5.97 Å². The largest absolute Gasteiger partial charge is 0.465 e. The average molecular weight is 685 g/mol. The van der Waals surface area contributed by atoms with E-state index in [0.29, 0.717) is 48.9 Å². The number of nitrogens with zero attached hydrogens (tertiary/aromatic N) is 3. The Morgan fingerprint density at radius 2 is 1.72 bits per heavy atom. The summed E-state index contributed by atoms with van der Waals surface area (Å²) < 4.78 is 7.87. The number of anilines is 1. The number of aryl methyl sites for hydroxylation is 1. The minimum absolute atomic E-state index is 0.0170. The van der Waals surface area contributed by atoms with Gasteiger partial charge in [0, 0.05) is 18.7 Å². The zero-order valence-electron chi connectivity index (χ0n) is 31.5. The predicted octanol–water partition coefficient (Wildman–Crippen LogP) is 8.48. The topological polar surface area (TPSA) is 106 Å². The van der Waals surface area contributed by atoms with Crippen molar-refractivity contribution in [3.63, 3.8) is 0 Å². The van der Waals surface area contributed by atoms with Gasteiger partial charge in [-0.05, 0) is 121 Å². The number of benzene rings is 1. The van der Waals surface area contributed by atoms with Crippen molar-refractivity contribution in [2.45, 2.75) is 125 Å². The van der Waals surface area contributed by atoms with Crippen molar-refractivity contribution in [1.82, 2.24) is 15.0 Å². The Morgan fingerprint density at radius 1 is 0.960 bits per heavy atom. The first-order valence-corrected chi connectivity index (χ1v) is 19.5. The summed E-state index contributed by atoms with van der Waals surface area (Å²) in [7, 11) is 0. The van der Waals surface area contributed by atoms with Crippen LogP contribution < -0.4 is 5.32 Å². The Hall–Kier alpha value is -3.00. The third-order valence-corrected chi connectivity index (χ3v) is 15.9. The summed E-state index contributed by atoms with van der Waals surface area (Å²) in [4.78, 5) is 27.0. The Balaban J connectivity index is 1.06. The highest BCUT2D eigenvalue weighted by Gasteiger charge is 2.69. The molecule has 1 amide bonds. The Kier molecular flexibility index (Phi) is 8.92. The molecular formula is C42H60N4O4. The first-order chi connectivity index (χ1) is 23.7. The van der Waals surface area contributed by atoms with Gasteiger partial charge in [0.05, 0.1) is 24.3 Å². The molecular weight excluding hydrogens is 624 g/mol. The smallest absolute Gasteiger partial charge is 0.312 e. The van der Waals surface area contributed by atoms with Gasteiger partial charge in [0.2, 0.25) is 0 Å². The molecule has 1 aromatic carbocycles. The van der Waals surface area contributed by atoms with Crippen LogP contribution in [0, 0.1) is 56.7 Å². The molecule has 2 N–H and O–H groups in total. The second-order valence-electron chi connectivity index (χ2n) is 18.4. The molecule has 272 valence electrons. The normalized spacial score (nSPS) is 40.3. The molecule has 4 saturated carbocycles. The molecule has 0 radical (unpaired) electrons. The van der Waals surface area contributed by atoms with E-state index in [1.54, 1.807) is 16.5 Å². The highest BCUT2D eigenvalue weighted by atomic mass is 16.5. The zero-order valence-corrected chi connectivity index (χ0v) is 31.5. The van der Waals surface area contributed by atoms with E-state index in [9.17, 15) is 14.7 Å². The molecule has 0 aliphatic heterocycles. The van der Waals surface area contributed by atoms with Crippen molar-refractivity contribution in [1.29, 1.82) is 0 Å². The molecule has 5 aliphatic rings. The Bertz CT molecular complexity index is 1630. The number of allylic oxidation sites excluding steroid dienone is 2. The van der Waals surface area contributed by atoms with E-state index < -0.39 is 5.41 Å². The summed E-state index contributed by atoms with van der Waals surface area (Å²) in [5, 5.41) is 22.1. The molecule has 1 unspecified atom stereocenters. The number of ether oxygens (including phenoxy) is 1.